The van der Waals surface area contributed by atoms with Crippen LogP contribution in [0.1, 0.15) is 28.6 Å². The molecule has 1 heterocycles. The summed E-state index contributed by atoms with van der Waals surface area (Å²) in [5.41, 5.74) is 1.55. The lowest BCUT2D eigenvalue weighted by Crippen LogP contribution is -2.18. The monoisotopic (exact) mass is 298 g/mol. The van der Waals surface area contributed by atoms with Gasteiger partial charge in [-0.2, -0.15) is 0 Å². The van der Waals surface area contributed by atoms with Crippen molar-refractivity contribution in [1.82, 2.24) is 0 Å². The number of Topliss-reactive ketones (excluding diaryl/α,β-unsaturated/α-hetero) is 1. The van der Waals surface area contributed by atoms with Gasteiger partial charge in [0, 0.05) is 11.1 Å². The van der Waals surface area contributed by atoms with Crippen LogP contribution in [-0.4, -0.2) is 25.6 Å². The van der Waals surface area contributed by atoms with E-state index in [0.29, 0.717) is 24.5 Å². The summed E-state index contributed by atoms with van der Waals surface area (Å²) in [5, 5.41) is 0. The molecule has 0 bridgehead atoms. The molecule has 3 rings (SSSR count). The summed E-state index contributed by atoms with van der Waals surface area (Å²) < 4.78 is 16.5. The van der Waals surface area contributed by atoms with E-state index in [1.165, 1.54) is 0 Å². The third-order valence-corrected chi connectivity index (χ3v) is 3.45. The number of para-hydroxylation sites is 1. The number of carbonyl (C=O) groups is 1. The second-order valence-corrected chi connectivity index (χ2v) is 5.07. The number of rotatable bonds is 5. The van der Waals surface area contributed by atoms with E-state index in [2.05, 4.69) is 0 Å². The first-order valence-corrected chi connectivity index (χ1v) is 7.37. The Kier molecular flexibility index (Phi) is 4.83. The number of benzene rings is 2. The van der Waals surface area contributed by atoms with Crippen LogP contribution in [0.15, 0.2) is 54.6 Å². The molecular weight excluding hydrogens is 280 g/mol. The molecule has 0 N–H and O–H groups in total. The second kappa shape index (κ2) is 7.20. The van der Waals surface area contributed by atoms with Gasteiger partial charge in [-0.3, -0.25) is 4.79 Å². The summed E-state index contributed by atoms with van der Waals surface area (Å²) in [6, 6.07) is 16.6. The molecule has 0 aromatic heterocycles. The molecule has 0 atom stereocenters. The largest absolute Gasteiger partial charge is 0.485 e. The summed E-state index contributed by atoms with van der Waals surface area (Å²) in [6.45, 7) is 1.44. The van der Waals surface area contributed by atoms with Crippen LogP contribution in [-0.2, 0) is 9.47 Å². The molecule has 1 fully saturated rings. The van der Waals surface area contributed by atoms with Crippen LogP contribution in [0.3, 0.4) is 0 Å². The van der Waals surface area contributed by atoms with Crippen molar-refractivity contribution in [3.63, 3.8) is 0 Å². The highest BCUT2D eigenvalue weighted by molar-refractivity contribution is 5.97. The average Bonchev–Trinajstić information content (AvgIpc) is 2.61. The minimum atomic E-state index is -0.321. The van der Waals surface area contributed by atoms with E-state index in [9.17, 15) is 4.79 Å². The van der Waals surface area contributed by atoms with E-state index < -0.39 is 0 Å². The number of carbonyl (C=O) groups excluding carboxylic acids is 1. The van der Waals surface area contributed by atoms with E-state index >= 15 is 0 Å². The molecule has 22 heavy (non-hydrogen) atoms. The molecule has 1 aliphatic heterocycles. The molecule has 0 saturated carbocycles. The molecule has 114 valence electrons. The Morgan fingerprint density at radius 2 is 1.68 bits per heavy atom. The van der Waals surface area contributed by atoms with Crippen LogP contribution >= 0.6 is 0 Å². The van der Waals surface area contributed by atoms with Crippen molar-refractivity contribution in [2.45, 2.75) is 12.7 Å². The van der Waals surface area contributed by atoms with Crippen LogP contribution < -0.4 is 4.74 Å². The van der Waals surface area contributed by atoms with Gasteiger partial charge in [0.1, 0.15) is 5.75 Å². The molecular formula is C18H18O4. The number of hydrogen-bond donors (Lipinski definition) is 0. The first kappa shape index (κ1) is 14.8. The predicted molar refractivity (Wildman–Crippen MR) is 82.0 cm³/mol. The van der Waals surface area contributed by atoms with Crippen LogP contribution in [0.4, 0.5) is 0 Å². The van der Waals surface area contributed by atoms with Gasteiger partial charge in [0.05, 0.1) is 13.2 Å². The molecule has 0 radical (unpaired) electrons. The fraction of sp³-hybridized carbons (Fsp3) is 0.278. The molecule has 1 aliphatic rings. The Hall–Kier alpha value is -2.17. The summed E-state index contributed by atoms with van der Waals surface area (Å²) in [7, 11) is 0. The Balaban J connectivity index is 1.58. The fourth-order valence-corrected chi connectivity index (χ4v) is 2.26. The highest BCUT2D eigenvalue weighted by Gasteiger charge is 2.17. The first-order valence-electron chi connectivity index (χ1n) is 7.37. The summed E-state index contributed by atoms with van der Waals surface area (Å²) in [4.78, 5) is 12.1. The second-order valence-electron chi connectivity index (χ2n) is 5.07. The van der Waals surface area contributed by atoms with Crippen molar-refractivity contribution in [2.24, 2.45) is 0 Å². The minimum Gasteiger partial charge on any atom is -0.485 e. The maximum Gasteiger partial charge on any atom is 0.200 e. The minimum absolute atomic E-state index is 0.0276. The van der Waals surface area contributed by atoms with Gasteiger partial charge in [-0.15, -0.1) is 0 Å². The topological polar surface area (TPSA) is 44.8 Å². The standard InChI is InChI=1S/C18H18O4/c19-17(13-22-16-5-2-1-3-6-16)14-7-9-15(10-8-14)18-20-11-4-12-21-18/h1-3,5-10,18H,4,11-13H2. The van der Waals surface area contributed by atoms with Gasteiger partial charge in [-0.1, -0.05) is 42.5 Å². The lowest BCUT2D eigenvalue weighted by molar-refractivity contribution is -0.183. The lowest BCUT2D eigenvalue weighted by Gasteiger charge is -2.23. The fourth-order valence-electron chi connectivity index (χ4n) is 2.26. The smallest absolute Gasteiger partial charge is 0.200 e. The molecule has 4 nitrogen and oxygen atoms in total. The average molecular weight is 298 g/mol. The maximum atomic E-state index is 12.1. The summed E-state index contributed by atoms with van der Waals surface area (Å²) in [6.07, 6.45) is 0.600. The van der Waals surface area contributed by atoms with Crippen LogP contribution in [0.25, 0.3) is 0 Å². The van der Waals surface area contributed by atoms with Crippen LogP contribution in [0.2, 0.25) is 0 Å². The molecule has 4 heteroatoms. The zero-order valence-corrected chi connectivity index (χ0v) is 12.2. The highest BCUT2D eigenvalue weighted by atomic mass is 16.7. The van der Waals surface area contributed by atoms with Gasteiger partial charge in [0.25, 0.3) is 0 Å². The molecule has 0 spiro atoms. The first-order chi connectivity index (χ1) is 10.8. The lowest BCUT2D eigenvalue weighted by atomic mass is 10.1. The Bertz CT molecular complexity index is 601. The summed E-state index contributed by atoms with van der Waals surface area (Å²) >= 11 is 0. The number of hydrogen-bond acceptors (Lipinski definition) is 4. The molecule has 2 aromatic rings. The molecule has 2 aromatic carbocycles. The van der Waals surface area contributed by atoms with Crippen molar-refractivity contribution < 1.29 is 19.0 Å². The van der Waals surface area contributed by atoms with Gasteiger partial charge < -0.3 is 14.2 Å². The van der Waals surface area contributed by atoms with Crippen molar-refractivity contribution in [1.29, 1.82) is 0 Å². The molecule has 0 aliphatic carbocycles. The highest BCUT2D eigenvalue weighted by Crippen LogP contribution is 2.23. The van der Waals surface area contributed by atoms with Crippen molar-refractivity contribution in [3.05, 3.63) is 65.7 Å². The van der Waals surface area contributed by atoms with E-state index in [-0.39, 0.29) is 18.7 Å². The van der Waals surface area contributed by atoms with Gasteiger partial charge in [-0.05, 0) is 18.6 Å². The van der Waals surface area contributed by atoms with Crippen molar-refractivity contribution >= 4 is 5.78 Å². The molecule has 0 unspecified atom stereocenters. The third-order valence-electron chi connectivity index (χ3n) is 3.45. The van der Waals surface area contributed by atoms with Gasteiger partial charge >= 0.3 is 0 Å². The van der Waals surface area contributed by atoms with Gasteiger partial charge in [-0.25, -0.2) is 0 Å². The molecule has 1 saturated heterocycles. The molecule has 0 amide bonds. The zero-order valence-electron chi connectivity index (χ0n) is 12.2. The van der Waals surface area contributed by atoms with Crippen LogP contribution in [0.5, 0.6) is 5.75 Å². The summed E-state index contributed by atoms with van der Waals surface area (Å²) in [5.74, 6) is 0.636. The normalized spacial score (nSPS) is 15.5. The number of ether oxygens (including phenoxy) is 3. The van der Waals surface area contributed by atoms with Crippen molar-refractivity contribution in [3.8, 4) is 5.75 Å². The number of ketones is 1. The SMILES string of the molecule is O=C(COc1ccccc1)c1ccc(C2OCCCO2)cc1. The predicted octanol–water partition coefficient (Wildman–Crippen LogP) is 3.38. The third kappa shape index (κ3) is 3.72. The van der Waals surface area contributed by atoms with Crippen molar-refractivity contribution in [2.75, 3.05) is 19.8 Å². The zero-order chi connectivity index (χ0) is 15.2. The Morgan fingerprint density at radius 3 is 2.36 bits per heavy atom. The maximum absolute atomic E-state index is 12.1. The Morgan fingerprint density at radius 1 is 1.00 bits per heavy atom. The van der Waals surface area contributed by atoms with E-state index in [1.54, 1.807) is 12.1 Å². The quantitative estimate of drug-likeness (QED) is 0.794. The van der Waals surface area contributed by atoms with E-state index in [4.69, 9.17) is 14.2 Å². The van der Waals surface area contributed by atoms with E-state index in [0.717, 1.165) is 12.0 Å². The Labute approximate surface area is 129 Å². The van der Waals surface area contributed by atoms with Crippen LogP contribution in [0, 0.1) is 0 Å². The van der Waals surface area contributed by atoms with Gasteiger partial charge in [0.15, 0.2) is 18.7 Å². The van der Waals surface area contributed by atoms with Gasteiger partial charge in [0.2, 0.25) is 0 Å². The van der Waals surface area contributed by atoms with E-state index in [1.807, 2.05) is 42.5 Å².